The van der Waals surface area contributed by atoms with Crippen molar-refractivity contribution in [2.24, 2.45) is 17.8 Å². The van der Waals surface area contributed by atoms with Crippen LogP contribution in [0.1, 0.15) is 50.4 Å². The van der Waals surface area contributed by atoms with Gasteiger partial charge in [0.1, 0.15) is 6.10 Å². The monoisotopic (exact) mass is 451 g/mol. The van der Waals surface area contributed by atoms with Gasteiger partial charge in [0, 0.05) is 5.39 Å². The molecule has 3 atom stereocenters. The van der Waals surface area contributed by atoms with Gasteiger partial charge in [-0.15, -0.1) is 11.3 Å². The molecule has 2 heterocycles. The number of para-hydroxylation sites is 1. The second-order valence-corrected chi connectivity index (χ2v) is 9.93. The summed E-state index contributed by atoms with van der Waals surface area (Å²) in [6, 6.07) is 13.1. The fraction of sp³-hybridized carbons (Fsp3) is 0.423. The van der Waals surface area contributed by atoms with Crippen molar-refractivity contribution in [3.8, 4) is 10.6 Å². The van der Waals surface area contributed by atoms with Crippen molar-refractivity contribution in [3.05, 3.63) is 53.4 Å². The van der Waals surface area contributed by atoms with Crippen LogP contribution in [-0.2, 0) is 14.3 Å². The van der Waals surface area contributed by atoms with Crippen LogP contribution in [0.15, 0.2) is 47.8 Å². The van der Waals surface area contributed by atoms with E-state index in [0.29, 0.717) is 39.9 Å². The lowest BCUT2D eigenvalue weighted by Gasteiger charge is -2.36. The van der Waals surface area contributed by atoms with Gasteiger partial charge < -0.3 is 9.47 Å². The van der Waals surface area contributed by atoms with E-state index in [4.69, 9.17) is 9.47 Å². The van der Waals surface area contributed by atoms with Gasteiger partial charge in [-0.05, 0) is 54.2 Å². The molecule has 0 aliphatic heterocycles. The Morgan fingerprint density at radius 3 is 2.72 bits per heavy atom. The largest absolute Gasteiger partial charge is 0.460 e. The smallest absolute Gasteiger partial charge is 0.344 e. The van der Waals surface area contributed by atoms with Crippen molar-refractivity contribution >= 4 is 34.2 Å². The second kappa shape index (κ2) is 9.82. The lowest BCUT2D eigenvalue weighted by Crippen LogP contribution is -2.36. The average molecular weight is 452 g/mol. The van der Waals surface area contributed by atoms with E-state index in [0.717, 1.165) is 24.1 Å². The first-order chi connectivity index (χ1) is 15.4. The third-order valence-corrected chi connectivity index (χ3v) is 7.17. The highest BCUT2D eigenvalue weighted by molar-refractivity contribution is 7.13. The van der Waals surface area contributed by atoms with Crippen molar-refractivity contribution < 1.29 is 19.1 Å². The number of hydrogen-bond donors (Lipinski definition) is 0. The van der Waals surface area contributed by atoms with Crippen LogP contribution in [0.3, 0.4) is 0 Å². The summed E-state index contributed by atoms with van der Waals surface area (Å²) < 4.78 is 11.2. The fourth-order valence-electron chi connectivity index (χ4n) is 4.55. The molecule has 0 unspecified atom stereocenters. The minimum absolute atomic E-state index is 0.114. The predicted molar refractivity (Wildman–Crippen MR) is 127 cm³/mol. The number of carbonyl (C=O) groups is 2. The Bertz CT molecular complexity index is 1090. The molecule has 3 aromatic rings. The number of fused-ring (bicyclic) bond motifs is 1. The Hall–Kier alpha value is -2.73. The maximum absolute atomic E-state index is 12.9. The summed E-state index contributed by atoms with van der Waals surface area (Å²) in [7, 11) is 0. The minimum Gasteiger partial charge on any atom is -0.460 e. The number of carbonyl (C=O) groups excluding carboxylic acids is 2. The molecule has 0 amide bonds. The maximum atomic E-state index is 12.9. The highest BCUT2D eigenvalue weighted by Crippen LogP contribution is 2.35. The van der Waals surface area contributed by atoms with Crippen LogP contribution in [0.2, 0.25) is 0 Å². The first-order valence-corrected chi connectivity index (χ1v) is 12.1. The van der Waals surface area contributed by atoms with Crippen molar-refractivity contribution in [1.29, 1.82) is 0 Å². The molecule has 5 nitrogen and oxygen atoms in total. The number of aromatic nitrogens is 1. The van der Waals surface area contributed by atoms with Crippen LogP contribution in [0.4, 0.5) is 0 Å². The first-order valence-electron chi connectivity index (χ1n) is 11.2. The fourth-order valence-corrected chi connectivity index (χ4v) is 5.24. The number of benzene rings is 1. The Kier molecular flexibility index (Phi) is 6.89. The van der Waals surface area contributed by atoms with Crippen molar-refractivity contribution in [2.45, 2.75) is 46.1 Å². The molecule has 4 rings (SSSR count). The van der Waals surface area contributed by atoms with Gasteiger partial charge in [0.25, 0.3) is 0 Å². The number of ether oxygens (including phenoxy) is 2. The summed E-state index contributed by atoms with van der Waals surface area (Å²) in [6.45, 7) is 6.14. The zero-order chi connectivity index (χ0) is 22.7. The van der Waals surface area contributed by atoms with E-state index in [1.54, 1.807) is 17.4 Å². The Morgan fingerprint density at radius 1 is 1.16 bits per heavy atom. The molecule has 2 aromatic heterocycles. The molecule has 1 saturated carbocycles. The highest BCUT2D eigenvalue weighted by atomic mass is 32.1. The summed E-state index contributed by atoms with van der Waals surface area (Å²) in [5, 5.41) is 2.67. The summed E-state index contributed by atoms with van der Waals surface area (Å²) >= 11 is 1.56. The molecule has 0 N–H and O–H groups in total. The summed E-state index contributed by atoms with van der Waals surface area (Å²) in [5.41, 5.74) is 1.83. The average Bonchev–Trinajstić information content (AvgIpc) is 3.31. The maximum Gasteiger partial charge on any atom is 0.344 e. The van der Waals surface area contributed by atoms with Crippen LogP contribution in [-0.4, -0.2) is 29.6 Å². The molecule has 168 valence electrons. The molecular formula is C26H29NO4S. The molecule has 0 saturated heterocycles. The van der Waals surface area contributed by atoms with Crippen LogP contribution >= 0.6 is 11.3 Å². The summed E-state index contributed by atoms with van der Waals surface area (Å²) in [5.74, 6) is 0.296. The number of thiophene rings is 1. The number of rotatable bonds is 6. The SMILES string of the molecule is CC(C)[C@@H]1CC[C@@H](C)C[C@H]1OC(=O)COC(=O)c1cc(-c2cccs2)nc2ccccc12. The Labute approximate surface area is 192 Å². The molecule has 1 aliphatic rings. The van der Waals surface area contributed by atoms with E-state index in [9.17, 15) is 9.59 Å². The Morgan fingerprint density at radius 2 is 1.97 bits per heavy atom. The van der Waals surface area contributed by atoms with E-state index in [1.807, 2.05) is 41.8 Å². The van der Waals surface area contributed by atoms with Gasteiger partial charge in [-0.3, -0.25) is 0 Å². The summed E-state index contributed by atoms with van der Waals surface area (Å²) in [6.07, 6.45) is 2.97. The lowest BCUT2D eigenvalue weighted by molar-refractivity contribution is -0.159. The quantitative estimate of drug-likeness (QED) is 0.422. The minimum atomic E-state index is -0.546. The van der Waals surface area contributed by atoms with Gasteiger partial charge >= 0.3 is 11.9 Å². The van der Waals surface area contributed by atoms with Crippen LogP contribution in [0.25, 0.3) is 21.5 Å². The number of hydrogen-bond acceptors (Lipinski definition) is 6. The standard InChI is InChI=1S/C26H29NO4S/c1-16(2)18-11-10-17(3)13-23(18)31-25(28)15-30-26(29)20-14-22(24-9-6-12-32-24)27-21-8-5-4-7-19(20)21/h4-9,12,14,16-18,23H,10-11,13,15H2,1-3H3/t17-,18+,23-/m1/s1. The van der Waals surface area contributed by atoms with Gasteiger partial charge in [-0.25, -0.2) is 14.6 Å². The molecular weight excluding hydrogens is 422 g/mol. The molecule has 1 fully saturated rings. The highest BCUT2D eigenvalue weighted by Gasteiger charge is 2.33. The van der Waals surface area contributed by atoms with Gasteiger partial charge in [-0.2, -0.15) is 0 Å². The topological polar surface area (TPSA) is 65.5 Å². The van der Waals surface area contributed by atoms with Crippen molar-refractivity contribution in [2.75, 3.05) is 6.61 Å². The van der Waals surface area contributed by atoms with E-state index < -0.39 is 11.9 Å². The number of pyridine rings is 1. The van der Waals surface area contributed by atoms with E-state index in [1.165, 1.54) is 0 Å². The van der Waals surface area contributed by atoms with E-state index in [-0.39, 0.29) is 12.7 Å². The van der Waals surface area contributed by atoms with Gasteiger partial charge in [-0.1, -0.05) is 51.5 Å². The number of nitrogens with zero attached hydrogens (tertiary/aromatic N) is 1. The van der Waals surface area contributed by atoms with Gasteiger partial charge in [0.15, 0.2) is 6.61 Å². The second-order valence-electron chi connectivity index (χ2n) is 8.98. The molecule has 1 aliphatic carbocycles. The van der Waals surface area contributed by atoms with Crippen LogP contribution in [0, 0.1) is 17.8 Å². The zero-order valence-corrected chi connectivity index (χ0v) is 19.6. The number of esters is 2. The van der Waals surface area contributed by atoms with E-state index >= 15 is 0 Å². The third kappa shape index (κ3) is 5.01. The Balaban J connectivity index is 1.47. The molecule has 6 heteroatoms. The molecule has 1 aromatic carbocycles. The zero-order valence-electron chi connectivity index (χ0n) is 18.7. The van der Waals surface area contributed by atoms with Crippen LogP contribution < -0.4 is 0 Å². The molecule has 32 heavy (non-hydrogen) atoms. The van der Waals surface area contributed by atoms with Crippen molar-refractivity contribution in [1.82, 2.24) is 4.98 Å². The van der Waals surface area contributed by atoms with Gasteiger partial charge in [0.05, 0.1) is 21.7 Å². The summed E-state index contributed by atoms with van der Waals surface area (Å²) in [4.78, 5) is 31.1. The normalized spacial score (nSPS) is 20.9. The van der Waals surface area contributed by atoms with Crippen LogP contribution in [0.5, 0.6) is 0 Å². The van der Waals surface area contributed by atoms with Crippen molar-refractivity contribution in [3.63, 3.8) is 0 Å². The third-order valence-electron chi connectivity index (χ3n) is 6.27. The molecule has 0 radical (unpaired) electrons. The first kappa shape index (κ1) is 22.5. The lowest BCUT2D eigenvalue weighted by atomic mass is 9.75. The van der Waals surface area contributed by atoms with Gasteiger partial charge in [0.2, 0.25) is 0 Å². The van der Waals surface area contributed by atoms with E-state index in [2.05, 4.69) is 25.8 Å². The molecule has 0 spiro atoms. The molecule has 0 bridgehead atoms. The predicted octanol–water partition coefficient (Wildman–Crippen LogP) is 6.12.